The van der Waals surface area contributed by atoms with E-state index in [-0.39, 0.29) is 18.3 Å². The second kappa shape index (κ2) is 28.1. The van der Waals surface area contributed by atoms with Gasteiger partial charge in [-0.15, -0.1) is 0 Å². The predicted octanol–water partition coefficient (Wildman–Crippen LogP) is 13.6. The second-order valence-electron chi connectivity index (χ2n) is 12.5. The van der Waals surface area contributed by atoms with Crippen molar-refractivity contribution in [2.24, 2.45) is 17.8 Å². The van der Waals surface area contributed by atoms with Crippen LogP contribution in [0.15, 0.2) is 0 Å². The Balaban J connectivity index is 6.27. The van der Waals surface area contributed by atoms with Crippen LogP contribution >= 0.6 is 8.60 Å². The largest absolute Gasteiger partial charge is 0.333 e. The normalized spacial score (nSPS) is 17.3. The van der Waals surface area contributed by atoms with E-state index in [0.717, 1.165) is 19.3 Å². The first-order valence-corrected chi connectivity index (χ1v) is 19.4. The fraction of sp³-hybridized carbons (Fsp3) is 1.00. The molecule has 0 N–H and O–H groups in total. The minimum atomic E-state index is -1.39. The SMILES string of the molecule is CCCCC(CC)C(CCCC)OP(OC(CCCC)C(CC)CCCC)OC(CCCC)C(CC)CCCC. The van der Waals surface area contributed by atoms with Gasteiger partial charge in [0.05, 0.1) is 18.3 Å². The lowest BCUT2D eigenvalue weighted by Gasteiger charge is -2.36. The van der Waals surface area contributed by atoms with Crippen molar-refractivity contribution in [3.63, 3.8) is 0 Å². The number of hydrogen-bond acceptors (Lipinski definition) is 3. The first-order chi connectivity index (χ1) is 19.5. The van der Waals surface area contributed by atoms with Crippen molar-refractivity contribution < 1.29 is 13.6 Å². The van der Waals surface area contributed by atoms with Gasteiger partial charge >= 0.3 is 8.60 Å². The molecule has 0 rings (SSSR count). The molecule has 0 saturated heterocycles. The molecule has 0 radical (unpaired) electrons. The molecule has 242 valence electrons. The Bertz CT molecular complexity index is 445. The van der Waals surface area contributed by atoms with Crippen molar-refractivity contribution in [3.05, 3.63) is 0 Å². The molecule has 0 bridgehead atoms. The summed E-state index contributed by atoms with van der Waals surface area (Å²) in [5.41, 5.74) is 0. The predicted molar refractivity (Wildman–Crippen MR) is 180 cm³/mol. The second-order valence-corrected chi connectivity index (χ2v) is 13.6. The van der Waals surface area contributed by atoms with Crippen molar-refractivity contribution in [1.82, 2.24) is 0 Å². The average Bonchev–Trinajstić information content (AvgIpc) is 2.97. The smallest absolute Gasteiger partial charge is 0.309 e. The van der Waals surface area contributed by atoms with E-state index < -0.39 is 8.60 Å². The quantitative estimate of drug-likeness (QED) is 0.0783. The maximum absolute atomic E-state index is 7.14. The molecule has 0 aromatic rings. The summed E-state index contributed by atoms with van der Waals surface area (Å²) < 4.78 is 21.4. The molecule has 0 fully saturated rings. The molecular weight excluding hydrogens is 511 g/mol. The first-order valence-electron chi connectivity index (χ1n) is 18.3. The fourth-order valence-electron chi connectivity index (χ4n) is 6.10. The maximum atomic E-state index is 7.14. The van der Waals surface area contributed by atoms with E-state index in [2.05, 4.69) is 62.3 Å². The molecule has 0 aromatic carbocycles. The summed E-state index contributed by atoms with van der Waals surface area (Å²) in [4.78, 5) is 0. The van der Waals surface area contributed by atoms with E-state index >= 15 is 0 Å². The van der Waals surface area contributed by atoms with Crippen LogP contribution in [0.25, 0.3) is 0 Å². The summed E-state index contributed by atoms with van der Waals surface area (Å²) in [5, 5.41) is 0. The number of hydrogen-bond donors (Lipinski definition) is 0. The van der Waals surface area contributed by atoms with Gasteiger partial charge in [-0.25, -0.2) is 0 Å². The van der Waals surface area contributed by atoms with Gasteiger partial charge in [-0.1, -0.05) is 159 Å². The van der Waals surface area contributed by atoms with Crippen LogP contribution in [0.2, 0.25) is 0 Å². The topological polar surface area (TPSA) is 27.7 Å². The van der Waals surface area contributed by atoms with Crippen LogP contribution in [0, 0.1) is 17.8 Å². The molecule has 0 aliphatic carbocycles. The Kier molecular flexibility index (Phi) is 28.3. The van der Waals surface area contributed by atoms with E-state index in [1.807, 2.05) is 0 Å². The van der Waals surface area contributed by atoms with Crippen LogP contribution in [0.3, 0.4) is 0 Å². The zero-order chi connectivity index (χ0) is 30.0. The summed E-state index contributed by atoms with van der Waals surface area (Å²) >= 11 is 0. The zero-order valence-corrected chi connectivity index (χ0v) is 29.9. The highest BCUT2D eigenvalue weighted by molar-refractivity contribution is 7.41. The third kappa shape index (κ3) is 18.1. The summed E-state index contributed by atoms with van der Waals surface area (Å²) in [7, 11) is -1.39. The standard InChI is InChI=1S/C36H75O3P/c1-10-19-25-31(16-7)34(28-22-13-4)37-40(38-35(29-23-14-5)32(17-8)26-20-11-2)39-36(30-24-15-6)33(18-9)27-21-12-3/h31-36H,10-30H2,1-9H3. The lowest BCUT2D eigenvalue weighted by molar-refractivity contribution is 0.00444. The molecule has 3 nitrogen and oxygen atoms in total. The van der Waals surface area contributed by atoms with Crippen molar-refractivity contribution in [1.29, 1.82) is 0 Å². The minimum Gasteiger partial charge on any atom is -0.309 e. The molecule has 6 atom stereocenters. The molecule has 4 heteroatoms. The van der Waals surface area contributed by atoms with E-state index in [4.69, 9.17) is 13.6 Å². The van der Waals surface area contributed by atoms with Crippen LogP contribution < -0.4 is 0 Å². The van der Waals surface area contributed by atoms with E-state index in [9.17, 15) is 0 Å². The van der Waals surface area contributed by atoms with Gasteiger partial charge in [0.2, 0.25) is 0 Å². The number of rotatable bonds is 30. The summed E-state index contributed by atoms with van der Waals surface area (Å²) in [5.74, 6) is 1.78. The Labute approximate surface area is 255 Å². The van der Waals surface area contributed by atoms with Gasteiger partial charge in [-0.05, 0) is 56.3 Å². The lowest BCUT2D eigenvalue weighted by atomic mass is 9.90. The van der Waals surface area contributed by atoms with Gasteiger partial charge < -0.3 is 13.6 Å². The van der Waals surface area contributed by atoms with Gasteiger partial charge in [0, 0.05) is 0 Å². The molecule has 0 amide bonds. The highest BCUT2D eigenvalue weighted by Gasteiger charge is 2.34. The van der Waals surface area contributed by atoms with Gasteiger partial charge in [-0.3, -0.25) is 0 Å². The third-order valence-corrected chi connectivity index (χ3v) is 10.5. The van der Waals surface area contributed by atoms with Crippen LogP contribution in [0.5, 0.6) is 0 Å². The van der Waals surface area contributed by atoms with Crippen LogP contribution in [-0.2, 0) is 13.6 Å². The van der Waals surface area contributed by atoms with Gasteiger partial charge in [0.25, 0.3) is 0 Å². The molecule has 40 heavy (non-hydrogen) atoms. The third-order valence-electron chi connectivity index (χ3n) is 9.13. The lowest BCUT2D eigenvalue weighted by Crippen LogP contribution is -2.29. The fourth-order valence-corrected chi connectivity index (χ4v) is 7.75. The molecule has 0 heterocycles. The minimum absolute atomic E-state index is 0.243. The zero-order valence-electron chi connectivity index (χ0n) is 29.0. The summed E-state index contributed by atoms with van der Waals surface area (Å²) in [6.45, 7) is 20.9. The van der Waals surface area contributed by atoms with Crippen LogP contribution in [-0.4, -0.2) is 18.3 Å². The summed E-state index contributed by atoms with van der Waals surface area (Å²) in [6.07, 6.45) is 26.3. The number of unbranched alkanes of at least 4 members (excludes halogenated alkanes) is 6. The van der Waals surface area contributed by atoms with Crippen LogP contribution in [0.4, 0.5) is 0 Å². The van der Waals surface area contributed by atoms with Gasteiger partial charge in [0.15, 0.2) is 0 Å². The Hall–Kier alpha value is 0.310. The van der Waals surface area contributed by atoms with E-state index in [1.54, 1.807) is 0 Å². The van der Waals surface area contributed by atoms with Crippen molar-refractivity contribution in [2.45, 2.75) is 215 Å². The summed E-state index contributed by atoms with van der Waals surface area (Å²) in [6, 6.07) is 0. The first kappa shape index (κ1) is 40.3. The molecule has 6 unspecified atom stereocenters. The Morgan fingerprint density at radius 2 is 0.575 bits per heavy atom. The van der Waals surface area contributed by atoms with Crippen LogP contribution in [0.1, 0.15) is 197 Å². The Morgan fingerprint density at radius 3 is 0.775 bits per heavy atom. The van der Waals surface area contributed by atoms with Crippen molar-refractivity contribution >= 4 is 8.60 Å². The Morgan fingerprint density at radius 1 is 0.350 bits per heavy atom. The van der Waals surface area contributed by atoms with Gasteiger partial charge in [0.1, 0.15) is 0 Å². The van der Waals surface area contributed by atoms with Crippen molar-refractivity contribution in [3.8, 4) is 0 Å². The highest BCUT2D eigenvalue weighted by Crippen LogP contribution is 2.50. The molecule has 0 saturated carbocycles. The van der Waals surface area contributed by atoms with E-state index in [0.29, 0.717) is 17.8 Å². The molecule has 0 aliphatic rings. The average molecular weight is 587 g/mol. The highest BCUT2D eigenvalue weighted by atomic mass is 31.2. The maximum Gasteiger partial charge on any atom is 0.333 e. The van der Waals surface area contributed by atoms with Crippen molar-refractivity contribution in [2.75, 3.05) is 0 Å². The van der Waals surface area contributed by atoms with Gasteiger partial charge in [-0.2, -0.15) is 0 Å². The molecule has 0 aromatic heterocycles. The monoisotopic (exact) mass is 587 g/mol. The van der Waals surface area contributed by atoms with E-state index in [1.165, 1.54) is 116 Å². The molecule has 0 spiro atoms. The molecule has 0 aliphatic heterocycles. The molecular formula is C36H75O3P.